The molecule has 2 aromatic heterocycles. The fourth-order valence-electron chi connectivity index (χ4n) is 2.91. The fourth-order valence-corrected chi connectivity index (χ4v) is 3.73. The summed E-state index contributed by atoms with van der Waals surface area (Å²) in [6.07, 6.45) is 2.51. The summed E-state index contributed by atoms with van der Waals surface area (Å²) < 4.78 is 1.96. The van der Waals surface area contributed by atoms with Gasteiger partial charge in [0.05, 0.1) is 5.75 Å². The molecule has 4 aromatic rings. The van der Waals surface area contributed by atoms with Crippen LogP contribution in [0.25, 0.3) is 10.9 Å². The van der Waals surface area contributed by atoms with Gasteiger partial charge in [-0.25, -0.2) is 0 Å². The second-order valence-corrected chi connectivity index (χ2v) is 7.02. The van der Waals surface area contributed by atoms with Crippen LogP contribution in [0.1, 0.15) is 21.7 Å². The van der Waals surface area contributed by atoms with Gasteiger partial charge in [0.2, 0.25) is 0 Å². The van der Waals surface area contributed by atoms with Gasteiger partial charge in [0, 0.05) is 36.1 Å². The number of nitrogens with zero attached hydrogens (tertiary/aromatic N) is 3. The number of aromatic nitrogens is 4. The molecule has 0 aliphatic heterocycles. The van der Waals surface area contributed by atoms with Crippen molar-refractivity contribution in [1.29, 1.82) is 0 Å². The van der Waals surface area contributed by atoms with Crippen LogP contribution in [-0.4, -0.2) is 31.3 Å². The highest BCUT2D eigenvalue weighted by atomic mass is 32.2. The number of H-pyrrole nitrogens is 1. The zero-order valence-corrected chi connectivity index (χ0v) is 15.2. The Morgan fingerprint density at radius 3 is 2.69 bits per heavy atom. The number of hydrogen-bond acceptors (Lipinski definition) is 4. The smallest absolute Gasteiger partial charge is 0.191 e. The van der Waals surface area contributed by atoms with E-state index in [9.17, 15) is 4.79 Å². The van der Waals surface area contributed by atoms with Gasteiger partial charge in [-0.05, 0) is 11.6 Å². The van der Waals surface area contributed by atoms with Crippen molar-refractivity contribution in [3.8, 4) is 0 Å². The van der Waals surface area contributed by atoms with Crippen LogP contribution in [-0.2, 0) is 13.5 Å². The molecule has 0 saturated heterocycles. The number of hydrogen-bond donors (Lipinski definition) is 1. The summed E-state index contributed by atoms with van der Waals surface area (Å²) >= 11 is 1.42. The minimum absolute atomic E-state index is 0.0834. The molecule has 5 nitrogen and oxygen atoms in total. The highest BCUT2D eigenvalue weighted by molar-refractivity contribution is 7.99. The molecule has 0 atom stereocenters. The van der Waals surface area contributed by atoms with Crippen molar-refractivity contribution in [1.82, 2.24) is 19.7 Å². The first-order valence-corrected chi connectivity index (χ1v) is 9.35. The molecule has 2 aromatic carbocycles. The zero-order valence-electron chi connectivity index (χ0n) is 14.3. The Bertz CT molecular complexity index is 1050. The van der Waals surface area contributed by atoms with Crippen LogP contribution in [0, 0.1) is 0 Å². The normalized spacial score (nSPS) is 11.1. The number of carbonyl (C=O) groups is 1. The number of aromatic amines is 1. The Kier molecular flexibility index (Phi) is 4.58. The molecule has 0 aliphatic rings. The summed E-state index contributed by atoms with van der Waals surface area (Å²) in [4.78, 5) is 15.8. The summed E-state index contributed by atoms with van der Waals surface area (Å²) in [5.41, 5.74) is 2.89. The predicted molar refractivity (Wildman–Crippen MR) is 104 cm³/mol. The first-order chi connectivity index (χ1) is 12.7. The Labute approximate surface area is 155 Å². The largest absolute Gasteiger partial charge is 0.360 e. The van der Waals surface area contributed by atoms with Crippen LogP contribution in [0.5, 0.6) is 0 Å². The topological polar surface area (TPSA) is 63.6 Å². The van der Waals surface area contributed by atoms with Gasteiger partial charge in [0.15, 0.2) is 10.9 Å². The molecule has 6 heteroatoms. The molecule has 0 aliphatic carbocycles. The Balaban J connectivity index is 1.46. The number of thioether (sulfide) groups is 1. The molecule has 1 N–H and O–H groups in total. The lowest BCUT2D eigenvalue weighted by Gasteiger charge is -2.04. The quantitative estimate of drug-likeness (QED) is 0.418. The van der Waals surface area contributed by atoms with E-state index in [1.165, 1.54) is 17.3 Å². The third-order valence-electron chi connectivity index (χ3n) is 4.35. The fraction of sp³-hybridized carbons (Fsp3) is 0.150. The zero-order chi connectivity index (χ0) is 17.9. The van der Waals surface area contributed by atoms with Gasteiger partial charge in [0.25, 0.3) is 0 Å². The van der Waals surface area contributed by atoms with E-state index in [2.05, 4.69) is 27.3 Å². The van der Waals surface area contributed by atoms with Crippen molar-refractivity contribution in [2.75, 3.05) is 5.75 Å². The molecular formula is C20H18N4OS. The summed E-state index contributed by atoms with van der Waals surface area (Å²) in [5.74, 6) is 1.30. The molecule has 4 rings (SSSR count). The molecule has 0 saturated carbocycles. The third kappa shape index (κ3) is 3.28. The van der Waals surface area contributed by atoms with E-state index < -0.39 is 0 Å². The molecule has 26 heavy (non-hydrogen) atoms. The van der Waals surface area contributed by atoms with Crippen molar-refractivity contribution in [3.63, 3.8) is 0 Å². The van der Waals surface area contributed by atoms with E-state index in [1.54, 1.807) is 6.20 Å². The lowest BCUT2D eigenvalue weighted by molar-refractivity contribution is 0.102. The van der Waals surface area contributed by atoms with Gasteiger partial charge in [0.1, 0.15) is 5.82 Å². The lowest BCUT2D eigenvalue weighted by Crippen LogP contribution is -2.04. The Morgan fingerprint density at radius 1 is 1.08 bits per heavy atom. The average Bonchev–Trinajstić information content (AvgIpc) is 3.25. The number of ketones is 1. The van der Waals surface area contributed by atoms with Gasteiger partial charge >= 0.3 is 0 Å². The second-order valence-electron chi connectivity index (χ2n) is 6.08. The van der Waals surface area contributed by atoms with E-state index in [-0.39, 0.29) is 5.78 Å². The maximum atomic E-state index is 12.6. The van der Waals surface area contributed by atoms with Gasteiger partial charge in [-0.15, -0.1) is 10.2 Å². The van der Waals surface area contributed by atoms with E-state index >= 15 is 0 Å². The molecule has 0 amide bonds. The van der Waals surface area contributed by atoms with Crippen molar-refractivity contribution >= 4 is 28.4 Å². The predicted octanol–water partition coefficient (Wildman–Crippen LogP) is 3.86. The first kappa shape index (κ1) is 16.6. The Morgan fingerprint density at radius 2 is 1.85 bits per heavy atom. The molecular weight excluding hydrogens is 344 g/mol. The summed E-state index contributed by atoms with van der Waals surface area (Å²) in [5, 5.41) is 10.2. The number of Topliss-reactive ketones (excluding diaryl/α,β-unsaturated/α-hetero) is 1. The molecule has 0 fully saturated rings. The number of rotatable bonds is 6. The average molecular weight is 362 g/mol. The van der Waals surface area contributed by atoms with Crippen LogP contribution in [0.15, 0.2) is 66.0 Å². The highest BCUT2D eigenvalue weighted by Crippen LogP contribution is 2.22. The van der Waals surface area contributed by atoms with Gasteiger partial charge in [-0.1, -0.05) is 60.3 Å². The standard InChI is InChI=1S/C20H18N4OS/c1-24-19(11-14-7-3-2-4-8-14)22-23-20(24)26-13-18(25)16-12-21-17-10-6-5-9-15(16)17/h2-10,12,21H,11,13H2,1H3. The van der Waals surface area contributed by atoms with Crippen LogP contribution < -0.4 is 0 Å². The van der Waals surface area contributed by atoms with Gasteiger partial charge in [-0.3, -0.25) is 4.79 Å². The number of carbonyl (C=O) groups excluding carboxylic acids is 1. The van der Waals surface area contributed by atoms with Crippen LogP contribution >= 0.6 is 11.8 Å². The molecule has 0 spiro atoms. The number of para-hydroxylation sites is 1. The molecule has 2 heterocycles. The number of nitrogens with one attached hydrogen (secondary N) is 1. The summed E-state index contributed by atoms with van der Waals surface area (Å²) in [6.45, 7) is 0. The first-order valence-electron chi connectivity index (χ1n) is 8.36. The van der Waals surface area contributed by atoms with Crippen LogP contribution in [0.2, 0.25) is 0 Å². The lowest BCUT2D eigenvalue weighted by atomic mass is 10.1. The maximum absolute atomic E-state index is 12.6. The second kappa shape index (κ2) is 7.17. The minimum atomic E-state index is 0.0834. The highest BCUT2D eigenvalue weighted by Gasteiger charge is 2.15. The van der Waals surface area contributed by atoms with Crippen molar-refractivity contribution in [2.24, 2.45) is 7.05 Å². The van der Waals surface area contributed by atoms with Crippen LogP contribution in [0.4, 0.5) is 0 Å². The molecule has 0 unspecified atom stereocenters. The van der Waals surface area contributed by atoms with Gasteiger partial charge < -0.3 is 9.55 Å². The van der Waals surface area contributed by atoms with Gasteiger partial charge in [-0.2, -0.15) is 0 Å². The summed E-state index contributed by atoms with van der Waals surface area (Å²) in [7, 11) is 1.94. The van der Waals surface area contributed by atoms with E-state index in [0.29, 0.717) is 5.75 Å². The SMILES string of the molecule is Cn1c(Cc2ccccc2)nnc1SCC(=O)c1c[nH]c2ccccc12. The molecule has 0 bridgehead atoms. The molecule has 0 radical (unpaired) electrons. The maximum Gasteiger partial charge on any atom is 0.191 e. The van der Waals surface area contributed by atoms with E-state index in [4.69, 9.17) is 0 Å². The van der Waals surface area contributed by atoms with Crippen molar-refractivity contribution < 1.29 is 4.79 Å². The van der Waals surface area contributed by atoms with E-state index in [0.717, 1.165) is 33.9 Å². The number of fused-ring (bicyclic) bond motifs is 1. The summed E-state index contributed by atoms with van der Waals surface area (Å²) in [6, 6.07) is 18.0. The molecule has 130 valence electrons. The Hall–Kier alpha value is -2.86. The van der Waals surface area contributed by atoms with E-state index in [1.807, 2.05) is 54.1 Å². The van der Waals surface area contributed by atoms with Crippen LogP contribution in [0.3, 0.4) is 0 Å². The monoisotopic (exact) mass is 362 g/mol. The van der Waals surface area contributed by atoms with Crippen molar-refractivity contribution in [2.45, 2.75) is 11.6 Å². The third-order valence-corrected chi connectivity index (χ3v) is 5.37. The van der Waals surface area contributed by atoms with Crippen molar-refractivity contribution in [3.05, 3.63) is 77.7 Å². The minimum Gasteiger partial charge on any atom is -0.360 e. The number of benzene rings is 2.